The molecule has 104 valence electrons. The van der Waals surface area contributed by atoms with Crippen molar-refractivity contribution in [3.63, 3.8) is 0 Å². The van der Waals surface area contributed by atoms with E-state index in [0.29, 0.717) is 12.3 Å². The third kappa shape index (κ3) is 2.23. The second-order valence-electron chi connectivity index (χ2n) is 5.67. The van der Waals surface area contributed by atoms with E-state index in [0.717, 1.165) is 18.4 Å². The zero-order valence-electron chi connectivity index (χ0n) is 11.1. The van der Waals surface area contributed by atoms with Crippen LogP contribution in [0.2, 0.25) is 0 Å². The topological polar surface area (TPSA) is 90.4 Å². The summed E-state index contributed by atoms with van der Waals surface area (Å²) in [6.07, 6.45) is 2.22. The van der Waals surface area contributed by atoms with Crippen molar-refractivity contribution in [2.24, 2.45) is 11.7 Å². The molecule has 5 nitrogen and oxygen atoms in total. The van der Waals surface area contributed by atoms with Crippen molar-refractivity contribution in [2.75, 3.05) is 0 Å². The van der Waals surface area contributed by atoms with Gasteiger partial charge in [0, 0.05) is 6.04 Å². The van der Waals surface area contributed by atoms with Gasteiger partial charge < -0.3 is 15.7 Å². The number of aromatic hydroxyl groups is 1. The minimum Gasteiger partial charge on any atom is -0.508 e. The van der Waals surface area contributed by atoms with Gasteiger partial charge in [-0.05, 0) is 42.9 Å². The summed E-state index contributed by atoms with van der Waals surface area (Å²) in [5.74, 6) is 0.567. The number of phenolic OH excluding ortho intramolecular Hbond substituents is 1. The molecule has 5 heteroatoms. The number of phenols is 1. The average Bonchev–Trinajstić information content (AvgIpc) is 3.11. The van der Waals surface area contributed by atoms with Crippen LogP contribution in [0.25, 0.3) is 0 Å². The standard InChI is InChI=1S/C15H17N3O2/c16-8-11-6-10-7-14(10)18(11)15(20)13(17)5-9-1-3-12(19)4-2-9/h1-4,10-11,13-14,19H,5-7,17H2/t10?,11?,13?,14-/m0/s1. The molecule has 20 heavy (non-hydrogen) atoms. The van der Waals surface area contributed by atoms with E-state index >= 15 is 0 Å². The Morgan fingerprint density at radius 3 is 2.80 bits per heavy atom. The minimum atomic E-state index is -0.630. The maximum absolute atomic E-state index is 12.4. The number of benzene rings is 1. The Hall–Kier alpha value is -2.06. The zero-order chi connectivity index (χ0) is 14.3. The second-order valence-corrected chi connectivity index (χ2v) is 5.67. The lowest BCUT2D eigenvalue weighted by Gasteiger charge is -2.26. The van der Waals surface area contributed by atoms with E-state index in [4.69, 9.17) is 11.0 Å². The predicted molar refractivity (Wildman–Crippen MR) is 72.5 cm³/mol. The molecule has 1 aliphatic heterocycles. The van der Waals surface area contributed by atoms with Gasteiger partial charge in [-0.25, -0.2) is 0 Å². The van der Waals surface area contributed by atoms with Crippen LogP contribution >= 0.6 is 0 Å². The Balaban J connectivity index is 1.67. The number of rotatable bonds is 3. The van der Waals surface area contributed by atoms with Crippen LogP contribution < -0.4 is 5.73 Å². The van der Waals surface area contributed by atoms with Crippen molar-refractivity contribution >= 4 is 5.91 Å². The van der Waals surface area contributed by atoms with Crippen molar-refractivity contribution in [2.45, 2.75) is 37.4 Å². The van der Waals surface area contributed by atoms with E-state index < -0.39 is 6.04 Å². The SMILES string of the molecule is N#CC1CC2C[C@@H]2N1C(=O)C(N)Cc1ccc(O)cc1. The number of nitrogens with zero attached hydrogens (tertiary/aromatic N) is 2. The first-order valence-electron chi connectivity index (χ1n) is 6.85. The van der Waals surface area contributed by atoms with Gasteiger partial charge in [0.05, 0.1) is 12.1 Å². The quantitative estimate of drug-likeness (QED) is 0.849. The van der Waals surface area contributed by atoms with Gasteiger partial charge >= 0.3 is 0 Å². The second kappa shape index (κ2) is 4.80. The fraction of sp³-hybridized carbons (Fsp3) is 0.467. The van der Waals surface area contributed by atoms with Crippen molar-refractivity contribution in [1.29, 1.82) is 5.26 Å². The summed E-state index contributed by atoms with van der Waals surface area (Å²) in [6.45, 7) is 0. The Kier molecular flexibility index (Phi) is 3.11. The molecule has 1 aromatic carbocycles. The van der Waals surface area contributed by atoms with Gasteiger partial charge in [0.1, 0.15) is 11.8 Å². The molecule has 1 saturated carbocycles. The molecule has 1 aromatic rings. The van der Waals surface area contributed by atoms with E-state index in [1.165, 1.54) is 0 Å². The van der Waals surface area contributed by atoms with Crippen molar-refractivity contribution in [3.8, 4) is 11.8 Å². The highest BCUT2D eigenvalue weighted by Gasteiger charge is 2.54. The average molecular weight is 271 g/mol. The fourth-order valence-electron chi connectivity index (χ4n) is 3.05. The predicted octanol–water partition coefficient (Wildman–Crippen LogP) is 0.775. The van der Waals surface area contributed by atoms with Gasteiger partial charge in [-0.2, -0.15) is 5.26 Å². The molecule has 4 atom stereocenters. The summed E-state index contributed by atoms with van der Waals surface area (Å²) in [6, 6.07) is 8.17. The van der Waals surface area contributed by atoms with Crippen LogP contribution in [-0.4, -0.2) is 34.0 Å². The number of piperidine rings is 1. The number of fused-ring (bicyclic) bond motifs is 1. The highest BCUT2D eigenvalue weighted by molar-refractivity contribution is 5.83. The smallest absolute Gasteiger partial charge is 0.241 e. The van der Waals surface area contributed by atoms with Crippen LogP contribution in [0.3, 0.4) is 0 Å². The van der Waals surface area contributed by atoms with Gasteiger partial charge in [-0.3, -0.25) is 4.79 Å². The monoisotopic (exact) mass is 271 g/mol. The highest BCUT2D eigenvalue weighted by atomic mass is 16.3. The molecular formula is C15H17N3O2. The number of nitrogens with two attached hydrogens (primary N) is 1. The molecule has 0 spiro atoms. The number of carbonyl (C=O) groups excluding carboxylic acids is 1. The Morgan fingerprint density at radius 2 is 2.15 bits per heavy atom. The molecule has 2 fully saturated rings. The molecule has 2 aliphatic rings. The molecule has 0 aromatic heterocycles. The third-order valence-corrected chi connectivity index (χ3v) is 4.22. The summed E-state index contributed by atoms with van der Waals surface area (Å²) in [4.78, 5) is 14.1. The normalized spacial score (nSPS) is 28.6. The van der Waals surface area contributed by atoms with Crippen LogP contribution in [0.4, 0.5) is 0 Å². The van der Waals surface area contributed by atoms with Crippen LogP contribution in [0.1, 0.15) is 18.4 Å². The summed E-state index contributed by atoms with van der Waals surface area (Å²) in [5.41, 5.74) is 6.91. The third-order valence-electron chi connectivity index (χ3n) is 4.22. The first kappa shape index (κ1) is 12.9. The van der Waals surface area contributed by atoms with E-state index in [2.05, 4.69) is 6.07 Å². The van der Waals surface area contributed by atoms with Crippen LogP contribution in [0.5, 0.6) is 5.75 Å². The molecule has 0 bridgehead atoms. The molecule has 0 radical (unpaired) electrons. The fourth-order valence-corrected chi connectivity index (χ4v) is 3.05. The Morgan fingerprint density at radius 1 is 1.45 bits per heavy atom. The lowest BCUT2D eigenvalue weighted by atomic mass is 10.0. The van der Waals surface area contributed by atoms with Crippen molar-refractivity contribution in [3.05, 3.63) is 29.8 Å². The number of nitriles is 1. The van der Waals surface area contributed by atoms with E-state index in [9.17, 15) is 9.90 Å². The lowest BCUT2D eigenvalue weighted by Crippen LogP contribution is -2.48. The number of hydrogen-bond donors (Lipinski definition) is 2. The molecule has 3 N–H and O–H groups in total. The van der Waals surface area contributed by atoms with Crippen LogP contribution in [0, 0.1) is 17.2 Å². The largest absolute Gasteiger partial charge is 0.508 e. The van der Waals surface area contributed by atoms with Crippen molar-refractivity contribution < 1.29 is 9.90 Å². The van der Waals surface area contributed by atoms with Gasteiger partial charge in [0.25, 0.3) is 0 Å². The van der Waals surface area contributed by atoms with E-state index in [-0.39, 0.29) is 23.7 Å². The minimum absolute atomic E-state index is 0.130. The maximum Gasteiger partial charge on any atom is 0.241 e. The molecule has 1 heterocycles. The molecule has 1 saturated heterocycles. The van der Waals surface area contributed by atoms with Gasteiger partial charge in [0.15, 0.2) is 0 Å². The zero-order valence-corrected chi connectivity index (χ0v) is 11.1. The van der Waals surface area contributed by atoms with Gasteiger partial charge in [-0.1, -0.05) is 12.1 Å². The number of likely N-dealkylation sites (tertiary alicyclic amines) is 1. The van der Waals surface area contributed by atoms with E-state index in [1.54, 1.807) is 29.2 Å². The number of hydrogen-bond acceptors (Lipinski definition) is 4. The first-order chi connectivity index (χ1) is 9.60. The molecule has 3 unspecified atom stereocenters. The van der Waals surface area contributed by atoms with Gasteiger partial charge in [0.2, 0.25) is 5.91 Å². The van der Waals surface area contributed by atoms with E-state index in [1.807, 2.05) is 0 Å². The van der Waals surface area contributed by atoms with Crippen LogP contribution in [-0.2, 0) is 11.2 Å². The summed E-state index contributed by atoms with van der Waals surface area (Å²) >= 11 is 0. The number of amides is 1. The summed E-state index contributed by atoms with van der Waals surface area (Å²) in [5, 5.41) is 18.4. The Bertz CT molecular complexity index is 563. The number of carbonyl (C=O) groups is 1. The first-order valence-corrected chi connectivity index (χ1v) is 6.85. The maximum atomic E-state index is 12.4. The highest BCUT2D eigenvalue weighted by Crippen LogP contribution is 2.47. The molecule has 3 rings (SSSR count). The lowest BCUT2D eigenvalue weighted by molar-refractivity contribution is -0.133. The van der Waals surface area contributed by atoms with Crippen LogP contribution in [0.15, 0.2) is 24.3 Å². The summed E-state index contributed by atoms with van der Waals surface area (Å²) in [7, 11) is 0. The summed E-state index contributed by atoms with van der Waals surface area (Å²) < 4.78 is 0. The molecule has 1 aliphatic carbocycles. The van der Waals surface area contributed by atoms with Gasteiger partial charge in [-0.15, -0.1) is 0 Å². The molecule has 1 amide bonds. The molecular weight excluding hydrogens is 254 g/mol. The Labute approximate surface area is 117 Å². The van der Waals surface area contributed by atoms with Crippen molar-refractivity contribution in [1.82, 2.24) is 4.90 Å².